The van der Waals surface area contributed by atoms with E-state index in [-0.39, 0.29) is 24.1 Å². The van der Waals surface area contributed by atoms with Crippen molar-refractivity contribution in [3.05, 3.63) is 63.9 Å². The first-order chi connectivity index (χ1) is 14.1. The summed E-state index contributed by atoms with van der Waals surface area (Å²) in [6.45, 7) is 5.50. The molecule has 0 fully saturated rings. The number of benzene rings is 1. The van der Waals surface area contributed by atoms with Gasteiger partial charge < -0.3 is 10.2 Å². The number of amides is 2. The SMILES string of the molecule is CCN(CC)C(=O)Cn1cc(C(=O)NCc2csc(Cc3ccccc3)n2)nn1. The van der Waals surface area contributed by atoms with E-state index in [1.807, 2.05) is 37.4 Å². The van der Waals surface area contributed by atoms with Gasteiger partial charge in [0.05, 0.1) is 23.4 Å². The van der Waals surface area contributed by atoms with Gasteiger partial charge in [0.15, 0.2) is 5.69 Å². The van der Waals surface area contributed by atoms with E-state index in [0.717, 1.165) is 17.1 Å². The highest BCUT2D eigenvalue weighted by Crippen LogP contribution is 2.14. The molecule has 0 unspecified atom stereocenters. The minimum absolute atomic E-state index is 0.0553. The fourth-order valence-electron chi connectivity index (χ4n) is 2.84. The second-order valence-electron chi connectivity index (χ2n) is 6.45. The van der Waals surface area contributed by atoms with E-state index in [1.165, 1.54) is 16.4 Å². The lowest BCUT2D eigenvalue weighted by atomic mass is 10.2. The summed E-state index contributed by atoms with van der Waals surface area (Å²) in [6.07, 6.45) is 2.26. The molecule has 2 heterocycles. The van der Waals surface area contributed by atoms with Crippen LogP contribution in [0.2, 0.25) is 0 Å². The topological polar surface area (TPSA) is 93.0 Å². The third kappa shape index (κ3) is 5.71. The zero-order valence-corrected chi connectivity index (χ0v) is 17.4. The molecule has 152 valence electrons. The monoisotopic (exact) mass is 412 g/mol. The van der Waals surface area contributed by atoms with Crippen LogP contribution >= 0.6 is 11.3 Å². The van der Waals surface area contributed by atoms with Gasteiger partial charge in [0.1, 0.15) is 6.54 Å². The van der Waals surface area contributed by atoms with E-state index in [4.69, 9.17) is 0 Å². The van der Waals surface area contributed by atoms with Crippen molar-refractivity contribution in [2.24, 2.45) is 0 Å². The van der Waals surface area contributed by atoms with Gasteiger partial charge >= 0.3 is 0 Å². The molecule has 29 heavy (non-hydrogen) atoms. The fraction of sp³-hybridized carbons (Fsp3) is 0.350. The van der Waals surface area contributed by atoms with Gasteiger partial charge in [0.2, 0.25) is 5.91 Å². The van der Waals surface area contributed by atoms with E-state index >= 15 is 0 Å². The van der Waals surface area contributed by atoms with Crippen LogP contribution in [0.5, 0.6) is 0 Å². The summed E-state index contributed by atoms with van der Waals surface area (Å²) >= 11 is 1.57. The standard InChI is InChI=1S/C20H24N6O2S/c1-3-25(4-2)19(27)13-26-12-17(23-24-26)20(28)21-11-16-14-29-18(22-16)10-15-8-6-5-7-9-15/h5-9,12,14H,3-4,10-11,13H2,1-2H3,(H,21,28). The lowest BCUT2D eigenvalue weighted by Crippen LogP contribution is -2.33. The highest BCUT2D eigenvalue weighted by atomic mass is 32.1. The van der Waals surface area contributed by atoms with E-state index in [2.05, 4.69) is 32.7 Å². The van der Waals surface area contributed by atoms with Gasteiger partial charge in [-0.1, -0.05) is 35.5 Å². The number of hydrogen-bond donors (Lipinski definition) is 1. The van der Waals surface area contributed by atoms with Crippen molar-refractivity contribution in [2.75, 3.05) is 13.1 Å². The predicted octanol–water partition coefficient (Wildman–Crippen LogP) is 2.12. The number of nitrogens with one attached hydrogen (secondary N) is 1. The molecule has 0 radical (unpaired) electrons. The Hall–Kier alpha value is -3.07. The van der Waals surface area contributed by atoms with Crippen LogP contribution in [0.3, 0.4) is 0 Å². The Bertz CT molecular complexity index is 949. The molecule has 0 spiro atoms. The van der Waals surface area contributed by atoms with Gasteiger partial charge in [0.25, 0.3) is 5.91 Å². The Balaban J connectivity index is 1.51. The van der Waals surface area contributed by atoms with Gasteiger partial charge in [-0.15, -0.1) is 16.4 Å². The van der Waals surface area contributed by atoms with Crippen LogP contribution in [0.25, 0.3) is 0 Å². The Morgan fingerprint density at radius 2 is 1.93 bits per heavy atom. The molecular formula is C20H24N6O2S. The molecule has 1 aromatic carbocycles. The molecule has 0 atom stereocenters. The van der Waals surface area contributed by atoms with Gasteiger partial charge in [-0.05, 0) is 19.4 Å². The van der Waals surface area contributed by atoms with E-state index in [9.17, 15) is 9.59 Å². The number of likely N-dealkylation sites (N-methyl/N-ethyl adjacent to an activating group) is 1. The number of carbonyl (C=O) groups excluding carboxylic acids is 2. The number of rotatable bonds is 9. The summed E-state index contributed by atoms with van der Waals surface area (Å²) in [4.78, 5) is 30.7. The molecule has 0 aliphatic heterocycles. The quantitative estimate of drug-likeness (QED) is 0.581. The van der Waals surface area contributed by atoms with Crippen LogP contribution in [0.4, 0.5) is 0 Å². The Morgan fingerprint density at radius 3 is 2.66 bits per heavy atom. The van der Waals surface area contributed by atoms with Crippen molar-refractivity contribution in [3.8, 4) is 0 Å². The summed E-state index contributed by atoms with van der Waals surface area (Å²) in [5.41, 5.74) is 2.18. The average Bonchev–Trinajstić information content (AvgIpc) is 3.37. The van der Waals surface area contributed by atoms with Crippen molar-refractivity contribution in [2.45, 2.75) is 33.4 Å². The maximum absolute atomic E-state index is 12.3. The van der Waals surface area contributed by atoms with Gasteiger partial charge in [-0.25, -0.2) is 9.67 Å². The summed E-state index contributed by atoms with van der Waals surface area (Å²) in [6, 6.07) is 10.1. The molecule has 1 N–H and O–H groups in total. The molecule has 2 aromatic heterocycles. The first kappa shape index (κ1) is 20.7. The van der Waals surface area contributed by atoms with Gasteiger partial charge in [0, 0.05) is 24.9 Å². The Labute approximate surface area is 173 Å². The molecule has 8 nitrogen and oxygen atoms in total. The van der Waals surface area contributed by atoms with E-state index < -0.39 is 0 Å². The largest absolute Gasteiger partial charge is 0.345 e. The Kier molecular flexibility index (Phi) is 7.07. The zero-order valence-electron chi connectivity index (χ0n) is 16.5. The highest BCUT2D eigenvalue weighted by Gasteiger charge is 2.15. The molecular weight excluding hydrogens is 388 g/mol. The first-order valence-electron chi connectivity index (χ1n) is 9.52. The van der Waals surface area contributed by atoms with Crippen molar-refractivity contribution in [3.63, 3.8) is 0 Å². The number of nitrogens with zero attached hydrogens (tertiary/aromatic N) is 5. The molecule has 0 aliphatic rings. The second kappa shape index (κ2) is 9.92. The van der Waals surface area contributed by atoms with Crippen LogP contribution in [-0.4, -0.2) is 49.8 Å². The molecule has 9 heteroatoms. The molecule has 3 aromatic rings. The summed E-state index contributed by atoms with van der Waals surface area (Å²) in [7, 11) is 0. The smallest absolute Gasteiger partial charge is 0.273 e. The molecule has 0 bridgehead atoms. The lowest BCUT2D eigenvalue weighted by molar-refractivity contribution is -0.131. The molecule has 2 amide bonds. The van der Waals surface area contributed by atoms with Crippen LogP contribution in [-0.2, 0) is 24.3 Å². The van der Waals surface area contributed by atoms with Crippen LogP contribution in [0.1, 0.15) is 40.6 Å². The van der Waals surface area contributed by atoms with Gasteiger partial charge in [-0.2, -0.15) is 0 Å². The predicted molar refractivity (Wildman–Crippen MR) is 110 cm³/mol. The molecule has 3 rings (SSSR count). The van der Waals surface area contributed by atoms with E-state index in [1.54, 1.807) is 16.2 Å². The first-order valence-corrected chi connectivity index (χ1v) is 10.4. The maximum atomic E-state index is 12.3. The third-order valence-corrected chi connectivity index (χ3v) is 5.31. The summed E-state index contributed by atoms with van der Waals surface area (Å²) in [5, 5.41) is 13.5. The van der Waals surface area contributed by atoms with Gasteiger partial charge in [-0.3, -0.25) is 9.59 Å². The minimum Gasteiger partial charge on any atom is -0.345 e. The number of aromatic nitrogens is 4. The van der Waals surface area contributed by atoms with Crippen molar-refractivity contribution in [1.29, 1.82) is 0 Å². The highest BCUT2D eigenvalue weighted by molar-refractivity contribution is 7.09. The summed E-state index contributed by atoms with van der Waals surface area (Å²) < 4.78 is 1.39. The number of carbonyl (C=O) groups is 2. The number of hydrogen-bond acceptors (Lipinski definition) is 6. The van der Waals surface area contributed by atoms with Crippen molar-refractivity contribution in [1.82, 2.24) is 30.2 Å². The zero-order chi connectivity index (χ0) is 20.6. The molecule has 0 aliphatic carbocycles. The molecule has 0 saturated carbocycles. The lowest BCUT2D eigenvalue weighted by Gasteiger charge is -2.17. The van der Waals surface area contributed by atoms with Crippen LogP contribution in [0.15, 0.2) is 41.9 Å². The normalized spacial score (nSPS) is 10.7. The summed E-state index contributed by atoms with van der Waals surface area (Å²) in [5.74, 6) is -0.399. The van der Waals surface area contributed by atoms with Crippen molar-refractivity contribution >= 4 is 23.2 Å². The average molecular weight is 413 g/mol. The van der Waals surface area contributed by atoms with E-state index in [0.29, 0.717) is 19.6 Å². The Morgan fingerprint density at radius 1 is 1.17 bits per heavy atom. The second-order valence-corrected chi connectivity index (χ2v) is 7.39. The third-order valence-electron chi connectivity index (χ3n) is 4.41. The maximum Gasteiger partial charge on any atom is 0.273 e. The fourth-order valence-corrected chi connectivity index (χ4v) is 3.67. The van der Waals surface area contributed by atoms with Crippen LogP contribution < -0.4 is 5.32 Å². The minimum atomic E-state index is -0.343. The molecule has 0 saturated heterocycles. The number of thiazole rings is 1. The van der Waals surface area contributed by atoms with Crippen LogP contribution in [0, 0.1) is 0 Å². The van der Waals surface area contributed by atoms with Crippen molar-refractivity contribution < 1.29 is 9.59 Å².